The lowest BCUT2D eigenvalue weighted by Crippen LogP contribution is -2.05. The highest BCUT2D eigenvalue weighted by molar-refractivity contribution is 8.13. The van der Waals surface area contributed by atoms with E-state index in [-0.39, 0.29) is 14.9 Å². The molecule has 0 amide bonds. The highest BCUT2D eigenvalue weighted by Gasteiger charge is 2.18. The van der Waals surface area contributed by atoms with Crippen molar-refractivity contribution in [2.45, 2.75) is 37.0 Å². The normalized spacial score (nSPS) is 16.6. The highest BCUT2D eigenvalue weighted by Crippen LogP contribution is 2.37. The van der Waals surface area contributed by atoms with Gasteiger partial charge in [-0.05, 0) is 24.5 Å². The molecule has 0 heterocycles. The molecule has 0 radical (unpaired) electrons. The van der Waals surface area contributed by atoms with Gasteiger partial charge in [-0.3, -0.25) is 0 Å². The molecule has 1 aliphatic carbocycles. The lowest BCUT2D eigenvalue weighted by Gasteiger charge is -2.13. The fourth-order valence-electron chi connectivity index (χ4n) is 2.44. The molecular formula is C13H15Cl3O3S. The molecule has 0 spiro atoms. The van der Waals surface area contributed by atoms with Gasteiger partial charge in [0.25, 0.3) is 9.05 Å². The van der Waals surface area contributed by atoms with Crippen LogP contribution in [0.25, 0.3) is 0 Å². The summed E-state index contributed by atoms with van der Waals surface area (Å²) in [5, 5.41) is 0.311. The molecule has 0 N–H and O–H groups in total. The smallest absolute Gasteiger partial charge is 0.261 e. The quantitative estimate of drug-likeness (QED) is 0.705. The van der Waals surface area contributed by atoms with Crippen molar-refractivity contribution < 1.29 is 13.2 Å². The van der Waals surface area contributed by atoms with Crippen LogP contribution >= 0.6 is 33.9 Å². The van der Waals surface area contributed by atoms with E-state index in [9.17, 15) is 8.42 Å². The zero-order valence-electron chi connectivity index (χ0n) is 10.7. The third-order valence-electron chi connectivity index (χ3n) is 3.50. The summed E-state index contributed by atoms with van der Waals surface area (Å²) in [6.07, 6.45) is 6.02. The van der Waals surface area contributed by atoms with E-state index in [1.807, 2.05) is 0 Å². The summed E-state index contributed by atoms with van der Waals surface area (Å²) >= 11 is 12.0. The minimum absolute atomic E-state index is 0.127. The van der Waals surface area contributed by atoms with Gasteiger partial charge in [-0.1, -0.05) is 48.9 Å². The number of hydrogen-bond donors (Lipinski definition) is 0. The van der Waals surface area contributed by atoms with Gasteiger partial charge < -0.3 is 4.74 Å². The fraction of sp³-hybridized carbons (Fsp3) is 0.538. The molecule has 0 saturated heterocycles. The second-order valence-corrected chi connectivity index (χ2v) is 8.32. The van der Waals surface area contributed by atoms with E-state index >= 15 is 0 Å². The van der Waals surface area contributed by atoms with Crippen molar-refractivity contribution in [3.05, 3.63) is 22.2 Å². The van der Waals surface area contributed by atoms with Gasteiger partial charge in [0.15, 0.2) is 5.75 Å². The topological polar surface area (TPSA) is 43.4 Å². The standard InChI is InChI=1S/C13H15Cl3O3S/c14-11-7-10(20(16,17)18)8-12(15)13(11)19-6-5-9-3-1-2-4-9/h7-9H,1-6H2. The Hall–Kier alpha value is -0.160. The molecule has 0 aliphatic heterocycles. The van der Waals surface area contributed by atoms with Crippen LogP contribution in [0.1, 0.15) is 32.1 Å². The van der Waals surface area contributed by atoms with Crippen LogP contribution in [0.15, 0.2) is 17.0 Å². The van der Waals surface area contributed by atoms with Crippen LogP contribution in [0.4, 0.5) is 0 Å². The first-order chi connectivity index (χ1) is 9.38. The van der Waals surface area contributed by atoms with Gasteiger partial charge >= 0.3 is 0 Å². The molecule has 0 unspecified atom stereocenters. The summed E-state index contributed by atoms with van der Waals surface area (Å²) in [6, 6.07) is 2.50. The van der Waals surface area contributed by atoms with Gasteiger partial charge in [0.05, 0.1) is 21.5 Å². The summed E-state index contributed by atoms with van der Waals surface area (Å²) in [6.45, 7) is 0.525. The fourth-order valence-corrected chi connectivity index (χ4v) is 3.95. The zero-order chi connectivity index (χ0) is 14.8. The molecule has 0 bridgehead atoms. The van der Waals surface area contributed by atoms with Gasteiger partial charge in [0.1, 0.15) is 0 Å². The van der Waals surface area contributed by atoms with E-state index in [2.05, 4.69) is 0 Å². The minimum Gasteiger partial charge on any atom is -0.490 e. The molecule has 1 fully saturated rings. The minimum atomic E-state index is -3.85. The van der Waals surface area contributed by atoms with E-state index in [0.29, 0.717) is 18.3 Å². The zero-order valence-corrected chi connectivity index (χ0v) is 13.8. The monoisotopic (exact) mass is 356 g/mol. The largest absolute Gasteiger partial charge is 0.490 e. The lowest BCUT2D eigenvalue weighted by atomic mass is 10.1. The third-order valence-corrected chi connectivity index (χ3v) is 5.40. The second-order valence-electron chi connectivity index (χ2n) is 4.94. The summed E-state index contributed by atoms with van der Waals surface area (Å²) in [7, 11) is 1.41. The summed E-state index contributed by atoms with van der Waals surface area (Å²) in [4.78, 5) is -0.127. The first-order valence-electron chi connectivity index (χ1n) is 6.44. The number of benzene rings is 1. The Kier molecular flexibility index (Phi) is 5.46. The average molecular weight is 358 g/mol. The molecular weight excluding hydrogens is 343 g/mol. The van der Waals surface area contributed by atoms with Gasteiger partial charge in [-0.15, -0.1) is 0 Å². The van der Waals surface area contributed by atoms with Gasteiger partial charge in [0, 0.05) is 10.7 Å². The highest BCUT2D eigenvalue weighted by atomic mass is 35.7. The molecule has 1 saturated carbocycles. The SMILES string of the molecule is O=S(=O)(Cl)c1cc(Cl)c(OCCC2CCCC2)c(Cl)c1. The van der Waals surface area contributed by atoms with Crippen LogP contribution in [0.2, 0.25) is 10.0 Å². The lowest BCUT2D eigenvalue weighted by molar-refractivity contribution is 0.279. The molecule has 112 valence electrons. The maximum atomic E-state index is 11.2. The molecule has 2 rings (SSSR count). The van der Waals surface area contributed by atoms with Crippen molar-refractivity contribution in [2.24, 2.45) is 5.92 Å². The molecule has 0 atom stereocenters. The maximum absolute atomic E-state index is 11.2. The Balaban J connectivity index is 2.04. The van der Waals surface area contributed by atoms with Crippen LogP contribution in [0, 0.1) is 5.92 Å². The Morgan fingerprint density at radius 1 is 1.15 bits per heavy atom. The van der Waals surface area contributed by atoms with Crippen molar-refractivity contribution >= 4 is 42.9 Å². The van der Waals surface area contributed by atoms with Crippen LogP contribution in [-0.4, -0.2) is 15.0 Å². The summed E-state index contributed by atoms with van der Waals surface area (Å²) in [5.41, 5.74) is 0. The van der Waals surface area contributed by atoms with Crippen molar-refractivity contribution in [1.29, 1.82) is 0 Å². The predicted octanol–water partition coefficient (Wildman–Crippen LogP) is 4.88. The van der Waals surface area contributed by atoms with Crippen molar-refractivity contribution in [3.63, 3.8) is 0 Å². The van der Waals surface area contributed by atoms with Crippen molar-refractivity contribution in [3.8, 4) is 5.75 Å². The Morgan fingerprint density at radius 3 is 2.20 bits per heavy atom. The van der Waals surface area contributed by atoms with Crippen LogP contribution in [0.3, 0.4) is 0 Å². The second kappa shape index (κ2) is 6.73. The maximum Gasteiger partial charge on any atom is 0.261 e. The molecule has 7 heteroatoms. The van der Waals surface area contributed by atoms with Gasteiger partial charge in [0.2, 0.25) is 0 Å². The van der Waals surface area contributed by atoms with Crippen molar-refractivity contribution in [1.82, 2.24) is 0 Å². The van der Waals surface area contributed by atoms with Crippen LogP contribution < -0.4 is 4.74 Å². The average Bonchev–Trinajstić information content (AvgIpc) is 2.84. The molecule has 1 aliphatic rings. The van der Waals surface area contributed by atoms with E-state index < -0.39 is 9.05 Å². The molecule has 20 heavy (non-hydrogen) atoms. The summed E-state index contributed by atoms with van der Waals surface area (Å²) in [5.74, 6) is 1.02. The van der Waals surface area contributed by atoms with Crippen LogP contribution in [0.5, 0.6) is 5.75 Å². The number of rotatable bonds is 5. The third kappa shape index (κ3) is 4.17. The van der Waals surface area contributed by atoms with E-state index in [4.69, 9.17) is 38.6 Å². The Bertz CT molecular complexity index is 558. The predicted molar refractivity (Wildman–Crippen MR) is 81.6 cm³/mol. The Morgan fingerprint density at radius 2 is 1.70 bits per heavy atom. The molecule has 1 aromatic carbocycles. The van der Waals surface area contributed by atoms with Crippen molar-refractivity contribution in [2.75, 3.05) is 6.61 Å². The van der Waals surface area contributed by atoms with Gasteiger partial charge in [-0.25, -0.2) is 8.42 Å². The van der Waals surface area contributed by atoms with Crippen LogP contribution in [-0.2, 0) is 9.05 Å². The first kappa shape index (κ1) is 16.2. The van der Waals surface area contributed by atoms with E-state index in [1.165, 1.54) is 37.8 Å². The first-order valence-corrected chi connectivity index (χ1v) is 9.51. The molecule has 0 aromatic heterocycles. The molecule has 3 nitrogen and oxygen atoms in total. The van der Waals surface area contributed by atoms with E-state index in [0.717, 1.165) is 6.42 Å². The number of ether oxygens (including phenoxy) is 1. The van der Waals surface area contributed by atoms with E-state index in [1.54, 1.807) is 0 Å². The number of hydrogen-bond acceptors (Lipinski definition) is 3. The molecule has 1 aromatic rings. The summed E-state index contributed by atoms with van der Waals surface area (Å²) < 4.78 is 28.1. The van der Waals surface area contributed by atoms with Gasteiger partial charge in [-0.2, -0.15) is 0 Å². The number of halogens is 3. The Labute approximate surface area is 133 Å².